The van der Waals surface area contributed by atoms with Crippen molar-refractivity contribution in [1.29, 1.82) is 0 Å². The van der Waals surface area contributed by atoms with E-state index in [-0.39, 0.29) is 18.3 Å². The molecule has 10 heteroatoms. The van der Waals surface area contributed by atoms with Gasteiger partial charge in [0.25, 0.3) is 0 Å². The number of nitrogens with one attached hydrogen (secondary N) is 1. The minimum atomic E-state index is -0.475. The molecule has 0 radical (unpaired) electrons. The van der Waals surface area contributed by atoms with Gasteiger partial charge in [-0.1, -0.05) is 71.9 Å². The standard InChI is InChI=1S/C26H23ClN4O3S2/c1-3-13-31-23(18-11-8-12-19(27)14-18)29-30-26(31)36-16-21(32)28-24-22(25(33)34-4-2)20(15-35-24)17-9-6-5-7-10-17/h3,5-12,14-15H,1,4,13,16H2,2H3,(H,28,32). The van der Waals surface area contributed by atoms with E-state index in [1.54, 1.807) is 19.1 Å². The highest BCUT2D eigenvalue weighted by molar-refractivity contribution is 7.99. The lowest BCUT2D eigenvalue weighted by atomic mass is 10.0. The fourth-order valence-electron chi connectivity index (χ4n) is 3.51. The Kier molecular flexibility index (Phi) is 8.58. The number of hydrogen-bond acceptors (Lipinski definition) is 7. The number of ether oxygens (including phenoxy) is 1. The van der Waals surface area contributed by atoms with Gasteiger partial charge in [0.2, 0.25) is 5.91 Å². The Bertz CT molecular complexity index is 1390. The Morgan fingerprint density at radius 1 is 1.17 bits per heavy atom. The van der Waals surface area contributed by atoms with Crippen LogP contribution >= 0.6 is 34.7 Å². The number of aromatic nitrogens is 3. The third-order valence-electron chi connectivity index (χ3n) is 5.05. The number of nitrogens with zero attached hydrogens (tertiary/aromatic N) is 3. The summed E-state index contributed by atoms with van der Waals surface area (Å²) in [7, 11) is 0. The molecular formula is C26H23ClN4O3S2. The fourth-order valence-corrected chi connectivity index (χ4v) is 5.42. The third kappa shape index (κ3) is 5.87. The molecule has 0 atom stereocenters. The molecule has 36 heavy (non-hydrogen) atoms. The molecule has 0 aliphatic heterocycles. The van der Waals surface area contributed by atoms with Crippen molar-refractivity contribution in [3.63, 3.8) is 0 Å². The molecule has 0 unspecified atom stereocenters. The van der Waals surface area contributed by atoms with Gasteiger partial charge in [0, 0.05) is 28.1 Å². The number of allylic oxidation sites excluding steroid dienone is 1. The predicted octanol–water partition coefficient (Wildman–Crippen LogP) is 6.42. The number of rotatable bonds is 10. The van der Waals surface area contributed by atoms with Gasteiger partial charge in [0.05, 0.1) is 12.4 Å². The van der Waals surface area contributed by atoms with E-state index in [0.29, 0.717) is 33.1 Å². The zero-order valence-electron chi connectivity index (χ0n) is 19.4. The second-order valence-corrected chi connectivity index (χ2v) is 9.75. The minimum Gasteiger partial charge on any atom is -0.462 e. The smallest absolute Gasteiger partial charge is 0.341 e. The minimum absolute atomic E-state index is 0.0751. The van der Waals surface area contributed by atoms with Crippen molar-refractivity contribution in [3.05, 3.63) is 83.2 Å². The largest absolute Gasteiger partial charge is 0.462 e. The molecule has 0 saturated carbocycles. The average Bonchev–Trinajstić information content (AvgIpc) is 3.48. The van der Waals surface area contributed by atoms with E-state index in [2.05, 4.69) is 22.1 Å². The zero-order valence-corrected chi connectivity index (χ0v) is 21.8. The maximum absolute atomic E-state index is 12.9. The lowest BCUT2D eigenvalue weighted by molar-refractivity contribution is -0.113. The van der Waals surface area contributed by atoms with Gasteiger partial charge in [-0.3, -0.25) is 9.36 Å². The van der Waals surface area contributed by atoms with Gasteiger partial charge >= 0.3 is 5.97 Å². The van der Waals surface area contributed by atoms with Crippen LogP contribution in [0.25, 0.3) is 22.5 Å². The van der Waals surface area contributed by atoms with Gasteiger partial charge in [-0.2, -0.15) is 0 Å². The SMILES string of the molecule is C=CCn1c(SCC(=O)Nc2scc(-c3ccccc3)c2C(=O)OCC)nnc1-c1cccc(Cl)c1. The second kappa shape index (κ2) is 12.0. The zero-order chi connectivity index (χ0) is 25.5. The summed E-state index contributed by atoms with van der Waals surface area (Å²) >= 11 is 8.67. The summed E-state index contributed by atoms with van der Waals surface area (Å²) in [6, 6.07) is 16.9. The van der Waals surface area contributed by atoms with E-state index in [4.69, 9.17) is 16.3 Å². The van der Waals surface area contributed by atoms with Gasteiger partial charge < -0.3 is 10.1 Å². The Balaban J connectivity index is 1.52. The van der Waals surface area contributed by atoms with Crippen LogP contribution < -0.4 is 5.32 Å². The number of benzene rings is 2. The van der Waals surface area contributed by atoms with E-state index >= 15 is 0 Å². The maximum Gasteiger partial charge on any atom is 0.341 e. The van der Waals surface area contributed by atoms with Crippen molar-refractivity contribution >= 4 is 51.6 Å². The van der Waals surface area contributed by atoms with Crippen LogP contribution in [0.5, 0.6) is 0 Å². The van der Waals surface area contributed by atoms with Crippen molar-refractivity contribution in [2.24, 2.45) is 0 Å². The second-order valence-electron chi connectivity index (χ2n) is 7.49. The van der Waals surface area contributed by atoms with E-state index in [0.717, 1.165) is 16.7 Å². The molecule has 2 heterocycles. The van der Waals surface area contributed by atoms with Crippen molar-refractivity contribution in [1.82, 2.24) is 14.8 Å². The van der Waals surface area contributed by atoms with Crippen molar-refractivity contribution in [3.8, 4) is 22.5 Å². The predicted molar refractivity (Wildman–Crippen MR) is 146 cm³/mol. The maximum atomic E-state index is 12.9. The molecule has 0 saturated heterocycles. The molecule has 0 bridgehead atoms. The van der Waals surface area contributed by atoms with Crippen molar-refractivity contribution in [2.75, 3.05) is 17.7 Å². The highest BCUT2D eigenvalue weighted by Crippen LogP contribution is 2.36. The highest BCUT2D eigenvalue weighted by atomic mass is 35.5. The summed E-state index contributed by atoms with van der Waals surface area (Å²) in [6.07, 6.45) is 1.74. The summed E-state index contributed by atoms with van der Waals surface area (Å²) in [5.74, 6) is -0.0383. The Morgan fingerprint density at radius 3 is 2.67 bits per heavy atom. The van der Waals surface area contributed by atoms with Crippen LogP contribution in [0.1, 0.15) is 17.3 Å². The Hall–Kier alpha value is -3.40. The van der Waals surface area contributed by atoms with Crippen LogP contribution in [0, 0.1) is 0 Å². The van der Waals surface area contributed by atoms with Crippen LogP contribution in [0.15, 0.2) is 77.8 Å². The first-order chi connectivity index (χ1) is 17.5. The normalized spacial score (nSPS) is 10.7. The molecule has 2 aromatic heterocycles. The number of carbonyl (C=O) groups is 2. The van der Waals surface area contributed by atoms with Gasteiger partial charge in [-0.15, -0.1) is 28.1 Å². The molecule has 0 aliphatic rings. The summed E-state index contributed by atoms with van der Waals surface area (Å²) < 4.78 is 7.14. The van der Waals surface area contributed by atoms with Crippen molar-refractivity contribution < 1.29 is 14.3 Å². The summed E-state index contributed by atoms with van der Waals surface area (Å²) in [5, 5.41) is 14.9. The Labute approximate surface area is 222 Å². The molecule has 2 aromatic carbocycles. The number of esters is 1. The molecule has 4 aromatic rings. The summed E-state index contributed by atoms with van der Waals surface area (Å²) in [6.45, 7) is 6.27. The van der Waals surface area contributed by atoms with E-state index in [1.165, 1.54) is 23.1 Å². The number of amides is 1. The quantitative estimate of drug-likeness (QED) is 0.142. The summed E-state index contributed by atoms with van der Waals surface area (Å²) in [4.78, 5) is 25.6. The number of hydrogen-bond donors (Lipinski definition) is 1. The van der Waals surface area contributed by atoms with Crippen LogP contribution in [-0.2, 0) is 16.1 Å². The fraction of sp³-hybridized carbons (Fsp3) is 0.154. The number of halogens is 1. The average molecular weight is 539 g/mol. The first kappa shape index (κ1) is 25.7. The number of carbonyl (C=O) groups excluding carboxylic acids is 2. The van der Waals surface area contributed by atoms with Crippen LogP contribution in [0.4, 0.5) is 5.00 Å². The van der Waals surface area contributed by atoms with Gasteiger partial charge in [-0.25, -0.2) is 4.79 Å². The number of thiophene rings is 1. The molecule has 184 valence electrons. The van der Waals surface area contributed by atoms with Crippen LogP contribution in [0.2, 0.25) is 5.02 Å². The molecule has 4 rings (SSSR count). The molecular weight excluding hydrogens is 516 g/mol. The molecule has 1 amide bonds. The van der Waals surface area contributed by atoms with E-state index in [1.807, 2.05) is 58.5 Å². The third-order valence-corrected chi connectivity index (χ3v) is 7.15. The van der Waals surface area contributed by atoms with Crippen molar-refractivity contribution in [2.45, 2.75) is 18.6 Å². The van der Waals surface area contributed by atoms with Crippen LogP contribution in [-0.4, -0.2) is 39.0 Å². The molecule has 0 fully saturated rings. The number of thioether (sulfide) groups is 1. The molecule has 0 spiro atoms. The lowest BCUT2D eigenvalue weighted by Crippen LogP contribution is -2.17. The van der Waals surface area contributed by atoms with E-state index in [9.17, 15) is 9.59 Å². The van der Waals surface area contributed by atoms with Gasteiger partial charge in [0.1, 0.15) is 10.6 Å². The van der Waals surface area contributed by atoms with Gasteiger partial charge in [-0.05, 0) is 24.6 Å². The van der Waals surface area contributed by atoms with Gasteiger partial charge in [0.15, 0.2) is 11.0 Å². The number of anilines is 1. The molecule has 1 N–H and O–H groups in total. The highest BCUT2D eigenvalue weighted by Gasteiger charge is 2.23. The summed E-state index contributed by atoms with van der Waals surface area (Å²) in [5.41, 5.74) is 2.76. The lowest BCUT2D eigenvalue weighted by Gasteiger charge is -2.10. The first-order valence-electron chi connectivity index (χ1n) is 11.1. The molecule has 0 aliphatic carbocycles. The Morgan fingerprint density at radius 2 is 1.94 bits per heavy atom. The topological polar surface area (TPSA) is 86.1 Å². The molecule has 7 nitrogen and oxygen atoms in total. The monoisotopic (exact) mass is 538 g/mol. The first-order valence-corrected chi connectivity index (χ1v) is 13.3. The van der Waals surface area contributed by atoms with Crippen LogP contribution in [0.3, 0.4) is 0 Å². The van der Waals surface area contributed by atoms with E-state index < -0.39 is 5.97 Å².